The van der Waals surface area contributed by atoms with E-state index in [2.05, 4.69) is 15.1 Å². The summed E-state index contributed by atoms with van der Waals surface area (Å²) in [6.07, 6.45) is 2.10. The minimum absolute atomic E-state index is 0.0479. The molecule has 0 saturated carbocycles. The second kappa shape index (κ2) is 8.14. The number of ketones is 1. The topological polar surface area (TPSA) is 46.1 Å². The van der Waals surface area contributed by atoms with Crippen molar-refractivity contribution in [3.63, 3.8) is 0 Å². The van der Waals surface area contributed by atoms with Crippen LogP contribution in [0.3, 0.4) is 0 Å². The SMILES string of the molecule is O=C(c1ccc(F)cc1)C1CCN(c2nnc(Cc3ccc(F)cc3)s2)CC1. The zero-order chi connectivity index (χ0) is 19.5. The van der Waals surface area contributed by atoms with Gasteiger partial charge in [-0.25, -0.2) is 8.78 Å². The monoisotopic (exact) mass is 399 g/mol. The molecular formula is C21H19F2N3OS. The summed E-state index contributed by atoms with van der Waals surface area (Å²) in [6.45, 7) is 1.48. The molecule has 0 aliphatic carbocycles. The second-order valence-corrected chi connectivity index (χ2v) is 7.95. The van der Waals surface area contributed by atoms with Crippen LogP contribution >= 0.6 is 11.3 Å². The first-order valence-electron chi connectivity index (χ1n) is 9.20. The third kappa shape index (κ3) is 4.25. The lowest BCUT2D eigenvalue weighted by molar-refractivity contribution is 0.0900. The van der Waals surface area contributed by atoms with E-state index < -0.39 is 0 Å². The van der Waals surface area contributed by atoms with Gasteiger partial charge in [0.15, 0.2) is 5.78 Å². The molecule has 1 aliphatic rings. The lowest BCUT2D eigenvalue weighted by Crippen LogP contribution is -2.36. The summed E-state index contributed by atoms with van der Waals surface area (Å²) < 4.78 is 26.1. The Morgan fingerprint density at radius 3 is 2.21 bits per heavy atom. The van der Waals surface area contributed by atoms with Crippen molar-refractivity contribution < 1.29 is 13.6 Å². The molecule has 2 aromatic carbocycles. The highest BCUT2D eigenvalue weighted by Gasteiger charge is 2.27. The maximum atomic E-state index is 13.0. The fourth-order valence-electron chi connectivity index (χ4n) is 3.40. The van der Waals surface area contributed by atoms with Crippen molar-refractivity contribution in [2.75, 3.05) is 18.0 Å². The molecule has 0 radical (unpaired) electrons. The number of piperidine rings is 1. The summed E-state index contributed by atoms with van der Waals surface area (Å²) in [5, 5.41) is 10.3. The molecule has 144 valence electrons. The minimum Gasteiger partial charge on any atom is -0.347 e. The zero-order valence-electron chi connectivity index (χ0n) is 15.1. The summed E-state index contributed by atoms with van der Waals surface area (Å²) in [6, 6.07) is 12.2. The maximum absolute atomic E-state index is 13.0. The van der Waals surface area contributed by atoms with Crippen molar-refractivity contribution in [1.82, 2.24) is 10.2 Å². The van der Waals surface area contributed by atoms with E-state index in [0.717, 1.165) is 41.6 Å². The van der Waals surface area contributed by atoms with Gasteiger partial charge in [-0.3, -0.25) is 4.79 Å². The summed E-state index contributed by atoms with van der Waals surface area (Å²) in [7, 11) is 0. The molecule has 4 nitrogen and oxygen atoms in total. The van der Waals surface area contributed by atoms with E-state index in [4.69, 9.17) is 0 Å². The zero-order valence-corrected chi connectivity index (χ0v) is 16.0. The van der Waals surface area contributed by atoms with Crippen molar-refractivity contribution >= 4 is 22.3 Å². The Kier molecular flexibility index (Phi) is 5.43. The Morgan fingerprint density at radius 2 is 1.57 bits per heavy atom. The Labute approximate surface area is 165 Å². The standard InChI is InChI=1S/C21H19F2N3OS/c22-17-5-1-14(2-6-17)13-19-24-25-21(28-19)26-11-9-16(10-12-26)20(27)15-3-7-18(23)8-4-15/h1-8,16H,9-13H2. The predicted octanol–water partition coefficient (Wildman–Crippen LogP) is 4.51. The lowest BCUT2D eigenvalue weighted by atomic mass is 9.89. The first kappa shape index (κ1) is 18.7. The fourth-order valence-corrected chi connectivity index (χ4v) is 4.33. The Hall–Kier alpha value is -2.67. The van der Waals surface area contributed by atoms with Gasteiger partial charge in [0.05, 0.1) is 0 Å². The highest BCUT2D eigenvalue weighted by molar-refractivity contribution is 7.15. The highest BCUT2D eigenvalue weighted by Crippen LogP contribution is 2.28. The first-order valence-corrected chi connectivity index (χ1v) is 10.0. The molecule has 2 heterocycles. The van der Waals surface area contributed by atoms with Crippen LogP contribution in [-0.2, 0) is 6.42 Å². The number of carbonyl (C=O) groups excluding carboxylic acids is 1. The van der Waals surface area contributed by atoms with Gasteiger partial charge < -0.3 is 4.90 Å². The third-order valence-corrected chi connectivity index (χ3v) is 5.97. The van der Waals surface area contributed by atoms with Crippen LogP contribution in [-0.4, -0.2) is 29.1 Å². The number of rotatable bonds is 5. The van der Waals surface area contributed by atoms with E-state index in [-0.39, 0.29) is 23.3 Å². The number of nitrogens with zero attached hydrogens (tertiary/aromatic N) is 3. The van der Waals surface area contributed by atoms with Crippen molar-refractivity contribution in [2.45, 2.75) is 19.3 Å². The van der Waals surface area contributed by atoms with E-state index >= 15 is 0 Å². The third-order valence-electron chi connectivity index (χ3n) is 4.99. The van der Waals surface area contributed by atoms with Crippen molar-refractivity contribution in [3.8, 4) is 0 Å². The average molecular weight is 399 g/mol. The Balaban J connectivity index is 1.35. The van der Waals surface area contributed by atoms with Crippen LogP contribution in [0.4, 0.5) is 13.9 Å². The number of aromatic nitrogens is 2. The molecule has 1 saturated heterocycles. The number of anilines is 1. The van der Waals surface area contributed by atoms with Gasteiger partial charge in [0.25, 0.3) is 0 Å². The summed E-state index contributed by atoms with van der Waals surface area (Å²) in [5.41, 5.74) is 1.56. The number of Topliss-reactive ketones (excluding diaryl/α,β-unsaturated/α-hetero) is 1. The van der Waals surface area contributed by atoms with E-state index in [0.29, 0.717) is 12.0 Å². The molecule has 0 unspecified atom stereocenters. The molecule has 28 heavy (non-hydrogen) atoms. The van der Waals surface area contributed by atoms with Crippen LogP contribution in [0.5, 0.6) is 0 Å². The summed E-state index contributed by atoms with van der Waals surface area (Å²) in [5.74, 6) is -0.555. The van der Waals surface area contributed by atoms with Crippen molar-refractivity contribution in [2.24, 2.45) is 5.92 Å². The quantitative estimate of drug-likeness (QED) is 0.593. The van der Waals surface area contributed by atoms with E-state index in [9.17, 15) is 13.6 Å². The van der Waals surface area contributed by atoms with Crippen molar-refractivity contribution in [1.29, 1.82) is 0 Å². The maximum Gasteiger partial charge on any atom is 0.208 e. The smallest absolute Gasteiger partial charge is 0.208 e. The predicted molar refractivity (Wildman–Crippen MR) is 105 cm³/mol. The van der Waals surface area contributed by atoms with Crippen LogP contribution in [0.15, 0.2) is 48.5 Å². The van der Waals surface area contributed by atoms with E-state index in [1.807, 2.05) is 0 Å². The van der Waals surface area contributed by atoms with Crippen LogP contribution in [0.1, 0.15) is 33.8 Å². The van der Waals surface area contributed by atoms with Crippen LogP contribution in [0.25, 0.3) is 0 Å². The molecule has 1 aliphatic heterocycles. The Morgan fingerprint density at radius 1 is 0.964 bits per heavy atom. The molecule has 4 rings (SSSR count). The van der Waals surface area contributed by atoms with Gasteiger partial charge in [0.2, 0.25) is 5.13 Å². The minimum atomic E-state index is -0.334. The van der Waals surface area contributed by atoms with Gasteiger partial charge in [0.1, 0.15) is 16.6 Å². The largest absolute Gasteiger partial charge is 0.347 e. The number of hydrogen-bond donors (Lipinski definition) is 0. The van der Waals surface area contributed by atoms with Gasteiger partial charge in [-0.15, -0.1) is 10.2 Å². The number of carbonyl (C=O) groups is 1. The first-order chi connectivity index (χ1) is 13.6. The fraction of sp³-hybridized carbons (Fsp3) is 0.286. The molecule has 1 fully saturated rings. The molecule has 0 amide bonds. The Bertz CT molecular complexity index is 949. The summed E-state index contributed by atoms with van der Waals surface area (Å²) in [4.78, 5) is 14.7. The molecule has 3 aromatic rings. The van der Waals surface area contributed by atoms with Gasteiger partial charge in [0, 0.05) is 31.0 Å². The number of halogens is 2. The van der Waals surface area contributed by atoms with Gasteiger partial charge in [-0.1, -0.05) is 23.5 Å². The van der Waals surface area contributed by atoms with Gasteiger partial charge in [-0.2, -0.15) is 0 Å². The molecule has 7 heteroatoms. The van der Waals surface area contributed by atoms with Crippen molar-refractivity contribution in [3.05, 3.63) is 76.3 Å². The van der Waals surface area contributed by atoms with Crippen LogP contribution < -0.4 is 4.90 Å². The lowest BCUT2D eigenvalue weighted by Gasteiger charge is -2.30. The normalized spacial score (nSPS) is 15.0. The average Bonchev–Trinajstić information content (AvgIpc) is 3.18. The molecule has 0 N–H and O–H groups in total. The van der Waals surface area contributed by atoms with Crippen LogP contribution in [0.2, 0.25) is 0 Å². The number of hydrogen-bond acceptors (Lipinski definition) is 5. The van der Waals surface area contributed by atoms with Crippen LogP contribution in [0, 0.1) is 17.6 Å². The van der Waals surface area contributed by atoms with E-state index in [1.54, 1.807) is 24.3 Å². The molecule has 1 aromatic heterocycles. The molecule has 0 spiro atoms. The van der Waals surface area contributed by atoms with E-state index in [1.165, 1.54) is 35.6 Å². The van der Waals surface area contributed by atoms with Gasteiger partial charge >= 0.3 is 0 Å². The highest BCUT2D eigenvalue weighted by atomic mass is 32.1. The summed E-state index contributed by atoms with van der Waals surface area (Å²) >= 11 is 1.53. The molecule has 0 atom stereocenters. The molecule has 0 bridgehead atoms. The molecular weight excluding hydrogens is 380 g/mol. The number of benzene rings is 2. The second-order valence-electron chi connectivity index (χ2n) is 6.91. The van der Waals surface area contributed by atoms with Gasteiger partial charge in [-0.05, 0) is 54.8 Å².